The van der Waals surface area contributed by atoms with Crippen LogP contribution in [0.5, 0.6) is 0 Å². The Kier molecular flexibility index (Phi) is 13.4. The number of thiophene rings is 3. The van der Waals surface area contributed by atoms with Gasteiger partial charge in [0, 0.05) is 60.5 Å². The Labute approximate surface area is 802 Å². The molecule has 3 aromatic heterocycles. The van der Waals surface area contributed by atoms with E-state index in [1.54, 1.807) is 58.3 Å². The first-order valence-corrected chi connectivity index (χ1v) is 45.5. The molecule has 0 radical (unpaired) electrons. The number of rotatable bonds is 8. The Bertz CT molecular complexity index is 10900. The van der Waals surface area contributed by atoms with Crippen molar-refractivity contribution < 1.29 is 32.9 Å². The molecule has 0 aliphatic rings. The van der Waals surface area contributed by atoms with Gasteiger partial charge < -0.3 is 0 Å². The van der Waals surface area contributed by atoms with E-state index in [4.69, 9.17) is 21.9 Å². The van der Waals surface area contributed by atoms with Gasteiger partial charge >= 0.3 is 0 Å². The summed E-state index contributed by atoms with van der Waals surface area (Å²) < 4.78 is 223. The minimum absolute atomic E-state index is 0.205. The first-order valence-electron chi connectivity index (χ1n) is 55.1. The Hall–Kier alpha value is -16.0. The van der Waals surface area contributed by atoms with Crippen LogP contribution in [0.4, 0.5) is 0 Å². The van der Waals surface area contributed by atoms with Gasteiger partial charge in [-0.3, -0.25) is 0 Å². The SMILES string of the molecule is [2H]c1c([2H])c([2H])c2c(-c3ccc(-c4cccc5cc6c(cc45)sc4ccccc46)cc3)c3c([2H])c([2H])c([2H])c([2H])c3c(-c3ccccc3)c2c1[2H].[2H]c1c([2H])c([2H])c2c(-c3cccc4cc5c(cc34)sc3ccccc35)c3c([2H])c([2H])c([2H])c([2H])c3c(-c3ccc(-c4cccc5ccccc45)cc3)c2c1[2H].[2H]c1c([2H])c([2H])c2c(-c3cccc4cc5c(cc34)sc3ccccc35)c3c([2H])c([2H])c([2H])c([2H])c3c(-c3ccc4ccccc4c3)c2c1[2H]. The van der Waals surface area contributed by atoms with Gasteiger partial charge in [0.05, 0.1) is 32.9 Å². The lowest BCUT2D eigenvalue weighted by Crippen LogP contribution is -1.91. The second kappa shape index (κ2) is 31.5. The molecule has 3 heteroatoms. The van der Waals surface area contributed by atoms with Crippen LogP contribution in [0, 0.1) is 0 Å². The Morgan fingerprint density at radius 2 is 0.389 bits per heavy atom. The third-order valence-corrected chi connectivity index (χ3v) is 29.1. The van der Waals surface area contributed by atoms with Crippen LogP contribution in [0.2, 0.25) is 0 Å². The quantitative estimate of drug-likeness (QED) is 0.133. The summed E-state index contributed by atoms with van der Waals surface area (Å²) in [7, 11) is 0. The molecule has 0 saturated carbocycles. The smallest absolute Gasteiger partial charge is 0.0629 e. The molecule has 25 aromatic carbocycles. The van der Waals surface area contributed by atoms with Crippen LogP contribution in [-0.4, -0.2) is 0 Å². The van der Waals surface area contributed by atoms with Crippen molar-refractivity contribution >= 4 is 213 Å². The fourth-order valence-corrected chi connectivity index (χ4v) is 23.2. The zero-order valence-corrected chi connectivity index (χ0v) is 71.9. The van der Waals surface area contributed by atoms with E-state index in [1.807, 2.05) is 182 Å². The van der Waals surface area contributed by atoms with E-state index in [-0.39, 0.29) is 137 Å². The van der Waals surface area contributed by atoms with Gasteiger partial charge in [0.1, 0.15) is 0 Å². The molecule has 0 saturated heterocycles. The van der Waals surface area contributed by atoms with Crippen LogP contribution in [0.25, 0.3) is 268 Å². The van der Waals surface area contributed by atoms with Gasteiger partial charge in [-0.1, -0.05) is 412 Å². The van der Waals surface area contributed by atoms with Gasteiger partial charge in [0.15, 0.2) is 0 Å². The molecule has 0 unspecified atom stereocenters. The highest BCUT2D eigenvalue weighted by atomic mass is 32.1. The molecule has 3 heterocycles. The van der Waals surface area contributed by atoms with Crippen molar-refractivity contribution in [2.45, 2.75) is 0 Å². The molecule has 0 bridgehead atoms. The lowest BCUT2D eigenvalue weighted by Gasteiger charge is -2.19. The topological polar surface area (TPSA) is 0 Å². The maximum Gasteiger partial charge on any atom is 0.0629 e. The number of fused-ring (bicyclic) bond motifs is 20. The molecule has 28 aromatic rings. The van der Waals surface area contributed by atoms with Gasteiger partial charge in [-0.2, -0.15) is 0 Å². The summed E-state index contributed by atoms with van der Waals surface area (Å²) in [5, 5.41) is 19.3. The van der Waals surface area contributed by atoms with Crippen molar-refractivity contribution in [1.82, 2.24) is 0 Å². The maximum atomic E-state index is 9.43. The summed E-state index contributed by atoms with van der Waals surface area (Å²) >= 11 is 5.10. The Morgan fingerprint density at radius 3 is 0.771 bits per heavy atom. The molecule has 0 nitrogen and oxygen atoms in total. The molecule has 0 fully saturated rings. The van der Waals surface area contributed by atoms with E-state index in [9.17, 15) is 11.0 Å². The van der Waals surface area contributed by atoms with E-state index in [2.05, 4.69) is 121 Å². The largest absolute Gasteiger partial charge is 0.135 e. The molecule has 0 N–H and O–H groups in total. The lowest BCUT2D eigenvalue weighted by molar-refractivity contribution is 1.63. The Balaban J connectivity index is 0.000000116. The zero-order valence-electron chi connectivity index (χ0n) is 93.4. The molecule has 0 aliphatic heterocycles. The highest BCUT2D eigenvalue weighted by Crippen LogP contribution is 2.52. The van der Waals surface area contributed by atoms with Crippen molar-refractivity contribution in [3.63, 3.8) is 0 Å². The molecule has 0 atom stereocenters. The van der Waals surface area contributed by atoms with Gasteiger partial charge in [-0.25, -0.2) is 0 Å². The molecule has 0 amide bonds. The minimum atomic E-state index is -0.415. The van der Waals surface area contributed by atoms with E-state index in [0.29, 0.717) is 66.8 Å². The maximum absolute atomic E-state index is 9.43. The predicted octanol–water partition coefficient (Wildman–Crippen LogP) is 38.2. The fraction of sp³-hybridized carbons (Fsp3) is 0. The van der Waals surface area contributed by atoms with Crippen LogP contribution >= 0.6 is 34.0 Å². The summed E-state index contributed by atoms with van der Waals surface area (Å²) in [6.45, 7) is 0. The summed E-state index contributed by atoms with van der Waals surface area (Å²) in [6, 6.07) is 99.7. The minimum Gasteiger partial charge on any atom is -0.135 e. The monoisotopic (exact) mass is 1730 g/mol. The Morgan fingerprint density at radius 1 is 0.130 bits per heavy atom. The normalized spacial score (nSPS) is 14.4. The van der Waals surface area contributed by atoms with Crippen LogP contribution in [-0.2, 0) is 0 Å². The second-order valence-corrected chi connectivity index (χ2v) is 36.0. The second-order valence-electron chi connectivity index (χ2n) is 32.8. The molecule has 0 spiro atoms. The van der Waals surface area contributed by atoms with Gasteiger partial charge in [-0.05, 0) is 268 Å². The summed E-state index contributed by atoms with van der Waals surface area (Å²) in [5.41, 5.74) is 9.65. The van der Waals surface area contributed by atoms with E-state index < -0.39 is 72.5 Å². The van der Waals surface area contributed by atoms with Crippen LogP contribution in [0.15, 0.2) is 473 Å². The number of hydrogen-bond acceptors (Lipinski definition) is 3. The van der Waals surface area contributed by atoms with Crippen molar-refractivity contribution in [3.05, 3.63) is 473 Å². The van der Waals surface area contributed by atoms with Crippen LogP contribution in [0.1, 0.15) is 32.9 Å². The molecular weight excluding hydrogens is 1630 g/mol. The van der Waals surface area contributed by atoms with Crippen molar-refractivity contribution in [1.29, 1.82) is 0 Å². The highest BCUT2D eigenvalue weighted by Gasteiger charge is 2.24. The average molecular weight is 1740 g/mol. The van der Waals surface area contributed by atoms with Gasteiger partial charge in [0.2, 0.25) is 0 Å². The molecule has 131 heavy (non-hydrogen) atoms. The third kappa shape index (κ3) is 12.8. The van der Waals surface area contributed by atoms with E-state index >= 15 is 0 Å². The number of benzene rings is 25. The third-order valence-electron chi connectivity index (χ3n) is 25.7. The molecule has 0 aliphatic carbocycles. The summed E-state index contributed by atoms with van der Waals surface area (Å²) in [6.07, 6.45) is 0. The van der Waals surface area contributed by atoms with Crippen LogP contribution in [0.3, 0.4) is 0 Å². The van der Waals surface area contributed by atoms with Gasteiger partial charge in [0.25, 0.3) is 0 Å². The lowest BCUT2D eigenvalue weighted by atomic mass is 9.84. The standard InChI is InChI=1S/C46H28S.C42H26S.C40H24S/c1-2-14-33-29(11-1)12-9-20-34(33)30-23-25-31(26-24-30)45-36-16-3-5-18-38(36)46(39-19-6-4-17-37(39)45)40-21-10-13-32-27-42-35-15-7-8-22-43(35)47-44(42)28-41(32)40;1-2-11-28(12-3-1)41-33-15-4-6-17-35(33)42(36-18-7-5-16-34(36)41)29-23-21-27(22-24-29)31-19-10-13-30-25-38-32-14-8-9-20-39(32)43-40(38)26-37(30)31;1-2-11-26-22-28(21-20-25(26)10-1)39-30-14-3-5-16-32(30)40(33-17-6-4-15-31(33)39)34-18-9-12-27-23-36-29-13-7-8-19-37(29)41-38(36)24-35(27)34/h1-28H;1-26H;1-24H/i3D,4D,5D,6D,16D,17D,18D,19D;4D,5D,6D,7D,15D,16D,17D,18D;3D,4D,5D,6D,14D,15D,16D,17D. The molecular formula is C128H78S3. The van der Waals surface area contributed by atoms with Crippen molar-refractivity contribution in [3.8, 4) is 89.0 Å². The predicted molar refractivity (Wildman–Crippen MR) is 574 cm³/mol. The van der Waals surface area contributed by atoms with Crippen molar-refractivity contribution in [2.24, 2.45) is 0 Å². The first-order chi connectivity index (χ1) is 74.9. The van der Waals surface area contributed by atoms with Crippen LogP contribution < -0.4 is 0 Å². The highest BCUT2D eigenvalue weighted by molar-refractivity contribution is 7.26. The molecule has 608 valence electrons. The molecule has 28 rings (SSSR count). The number of hydrogen-bond donors (Lipinski definition) is 0. The van der Waals surface area contributed by atoms with E-state index in [1.165, 1.54) is 20.2 Å². The zero-order chi connectivity index (χ0) is 107. The summed E-state index contributed by atoms with van der Waals surface area (Å²) in [5.74, 6) is 0. The van der Waals surface area contributed by atoms with Gasteiger partial charge in [-0.15, -0.1) is 34.0 Å². The van der Waals surface area contributed by atoms with E-state index in [0.717, 1.165) is 116 Å². The fourth-order valence-electron chi connectivity index (χ4n) is 19.8. The average Bonchev–Trinajstić information content (AvgIpc) is 0.948. The first kappa shape index (κ1) is 55.6. The van der Waals surface area contributed by atoms with Crippen molar-refractivity contribution in [2.75, 3.05) is 0 Å². The summed E-state index contributed by atoms with van der Waals surface area (Å²) in [4.78, 5) is 0.